The Labute approximate surface area is 110 Å². The number of hydrogen-bond acceptors (Lipinski definition) is 3. The molecule has 4 nitrogen and oxygen atoms in total. The lowest BCUT2D eigenvalue weighted by atomic mass is 10.0. The third-order valence-electron chi connectivity index (χ3n) is 2.59. The summed E-state index contributed by atoms with van der Waals surface area (Å²) in [5.74, 6) is -0.518. The predicted molar refractivity (Wildman–Crippen MR) is 71.1 cm³/mol. The van der Waals surface area contributed by atoms with Crippen molar-refractivity contribution in [3.63, 3.8) is 0 Å². The van der Waals surface area contributed by atoms with Crippen molar-refractivity contribution in [1.29, 1.82) is 0 Å². The van der Waals surface area contributed by atoms with E-state index in [2.05, 4.69) is 4.98 Å². The minimum Gasteiger partial charge on any atom is -0.366 e. The van der Waals surface area contributed by atoms with Crippen LogP contribution < -0.4 is 11.5 Å². The van der Waals surface area contributed by atoms with E-state index in [0.29, 0.717) is 22.8 Å². The van der Waals surface area contributed by atoms with Gasteiger partial charge in [0.2, 0.25) is 0 Å². The summed E-state index contributed by atoms with van der Waals surface area (Å²) in [4.78, 5) is 15.5. The van der Waals surface area contributed by atoms with Crippen molar-refractivity contribution in [2.45, 2.75) is 6.54 Å². The third kappa shape index (κ3) is 2.50. The van der Waals surface area contributed by atoms with E-state index in [1.165, 1.54) is 6.20 Å². The number of pyridine rings is 1. The highest BCUT2D eigenvalue weighted by molar-refractivity contribution is 6.30. The Kier molecular flexibility index (Phi) is 3.60. The second-order valence-corrected chi connectivity index (χ2v) is 4.23. The lowest BCUT2D eigenvalue weighted by molar-refractivity contribution is 0.100. The van der Waals surface area contributed by atoms with Crippen LogP contribution in [0.2, 0.25) is 5.02 Å². The Hall–Kier alpha value is -1.91. The van der Waals surface area contributed by atoms with Gasteiger partial charge in [0.05, 0.1) is 11.3 Å². The summed E-state index contributed by atoms with van der Waals surface area (Å²) in [6.45, 7) is 0.305. The molecular weight excluding hydrogens is 250 g/mol. The van der Waals surface area contributed by atoms with E-state index in [1.54, 1.807) is 18.2 Å². The maximum atomic E-state index is 11.4. The molecule has 0 saturated carbocycles. The van der Waals surface area contributed by atoms with Gasteiger partial charge < -0.3 is 11.5 Å². The van der Waals surface area contributed by atoms with Gasteiger partial charge in [0.15, 0.2) is 0 Å². The fraction of sp³-hybridized carbons (Fsp3) is 0.0769. The average Bonchev–Trinajstić information content (AvgIpc) is 2.38. The van der Waals surface area contributed by atoms with E-state index >= 15 is 0 Å². The van der Waals surface area contributed by atoms with Gasteiger partial charge in [-0.2, -0.15) is 0 Å². The van der Waals surface area contributed by atoms with Gasteiger partial charge in [0.1, 0.15) is 0 Å². The highest BCUT2D eigenvalue weighted by Crippen LogP contribution is 2.25. The molecule has 0 radical (unpaired) electrons. The number of primary amides is 1. The van der Waals surface area contributed by atoms with Gasteiger partial charge in [-0.05, 0) is 29.3 Å². The molecule has 92 valence electrons. The molecule has 0 spiro atoms. The number of benzene rings is 1. The van der Waals surface area contributed by atoms with Crippen LogP contribution >= 0.6 is 11.6 Å². The fourth-order valence-electron chi connectivity index (χ4n) is 1.67. The molecule has 1 aromatic carbocycles. The summed E-state index contributed by atoms with van der Waals surface area (Å²) in [5.41, 5.74) is 13.5. The lowest BCUT2D eigenvalue weighted by Gasteiger charge is -2.08. The number of halogens is 1. The van der Waals surface area contributed by atoms with Crippen LogP contribution in [0.4, 0.5) is 0 Å². The highest BCUT2D eigenvalue weighted by atomic mass is 35.5. The third-order valence-corrected chi connectivity index (χ3v) is 2.84. The number of rotatable bonds is 3. The molecule has 2 aromatic rings. The van der Waals surface area contributed by atoms with Crippen LogP contribution in [0.5, 0.6) is 0 Å². The Morgan fingerprint density at radius 1 is 1.28 bits per heavy atom. The monoisotopic (exact) mass is 261 g/mol. The number of nitrogens with two attached hydrogens (primary N) is 2. The fourth-order valence-corrected chi connectivity index (χ4v) is 1.80. The molecule has 0 atom stereocenters. The Morgan fingerprint density at radius 2 is 1.94 bits per heavy atom. The van der Waals surface area contributed by atoms with Crippen LogP contribution in [0.15, 0.2) is 36.5 Å². The van der Waals surface area contributed by atoms with Crippen molar-refractivity contribution in [3.8, 4) is 11.1 Å². The van der Waals surface area contributed by atoms with E-state index in [0.717, 1.165) is 11.1 Å². The zero-order valence-electron chi connectivity index (χ0n) is 9.56. The second-order valence-electron chi connectivity index (χ2n) is 3.80. The number of amides is 1. The minimum atomic E-state index is -0.518. The molecule has 0 aliphatic rings. The Balaban J connectivity index is 2.59. The van der Waals surface area contributed by atoms with Gasteiger partial charge in [0, 0.05) is 17.8 Å². The van der Waals surface area contributed by atoms with Crippen LogP contribution in [0, 0.1) is 0 Å². The van der Waals surface area contributed by atoms with Crippen molar-refractivity contribution < 1.29 is 4.79 Å². The molecule has 18 heavy (non-hydrogen) atoms. The van der Waals surface area contributed by atoms with Crippen LogP contribution in [-0.2, 0) is 6.54 Å². The van der Waals surface area contributed by atoms with E-state index in [1.807, 2.05) is 12.1 Å². The van der Waals surface area contributed by atoms with Crippen molar-refractivity contribution in [3.05, 3.63) is 52.8 Å². The highest BCUT2D eigenvalue weighted by Gasteiger charge is 2.11. The number of carbonyl (C=O) groups excluding carboxylic acids is 1. The molecule has 4 N–H and O–H groups in total. The van der Waals surface area contributed by atoms with Crippen molar-refractivity contribution in [2.75, 3.05) is 0 Å². The van der Waals surface area contributed by atoms with Crippen LogP contribution in [0.25, 0.3) is 11.1 Å². The van der Waals surface area contributed by atoms with Gasteiger partial charge >= 0.3 is 0 Å². The topological polar surface area (TPSA) is 82.0 Å². The van der Waals surface area contributed by atoms with E-state index < -0.39 is 5.91 Å². The summed E-state index contributed by atoms with van der Waals surface area (Å²) >= 11 is 5.84. The lowest BCUT2D eigenvalue weighted by Crippen LogP contribution is -2.14. The molecular formula is C13H12ClN3O. The molecule has 0 saturated heterocycles. The van der Waals surface area contributed by atoms with Gasteiger partial charge in [-0.3, -0.25) is 9.78 Å². The predicted octanol–water partition coefficient (Wildman–Crippen LogP) is 1.96. The molecule has 1 aromatic heterocycles. The first-order chi connectivity index (χ1) is 8.61. The molecule has 0 fully saturated rings. The smallest absolute Gasteiger partial charge is 0.250 e. The zero-order valence-corrected chi connectivity index (χ0v) is 10.3. The number of hydrogen-bond donors (Lipinski definition) is 2. The van der Waals surface area contributed by atoms with Crippen LogP contribution in [0.3, 0.4) is 0 Å². The number of aromatic nitrogens is 1. The van der Waals surface area contributed by atoms with Gasteiger partial charge in [0.25, 0.3) is 5.91 Å². The summed E-state index contributed by atoms with van der Waals surface area (Å²) < 4.78 is 0. The average molecular weight is 262 g/mol. The van der Waals surface area contributed by atoms with E-state index in [9.17, 15) is 4.79 Å². The van der Waals surface area contributed by atoms with Crippen molar-refractivity contribution in [2.24, 2.45) is 11.5 Å². The normalized spacial score (nSPS) is 10.3. The molecule has 0 bridgehead atoms. The number of nitrogens with zero attached hydrogens (tertiary/aromatic N) is 1. The zero-order chi connectivity index (χ0) is 13.1. The minimum absolute atomic E-state index is 0.305. The number of carbonyl (C=O) groups is 1. The van der Waals surface area contributed by atoms with Crippen molar-refractivity contribution in [1.82, 2.24) is 4.98 Å². The SMILES string of the molecule is NCc1cc(-c2ccc(Cl)cc2)c(C(N)=O)cn1. The first-order valence-corrected chi connectivity index (χ1v) is 5.74. The van der Waals surface area contributed by atoms with Crippen LogP contribution in [0.1, 0.15) is 16.1 Å². The first kappa shape index (κ1) is 12.5. The summed E-state index contributed by atoms with van der Waals surface area (Å²) in [5, 5.41) is 0.632. The summed E-state index contributed by atoms with van der Waals surface area (Å²) in [7, 11) is 0. The van der Waals surface area contributed by atoms with E-state index in [-0.39, 0.29) is 0 Å². The largest absolute Gasteiger partial charge is 0.366 e. The molecule has 0 aliphatic carbocycles. The summed E-state index contributed by atoms with van der Waals surface area (Å²) in [6, 6.07) is 8.92. The molecule has 1 heterocycles. The van der Waals surface area contributed by atoms with Gasteiger partial charge in [-0.1, -0.05) is 23.7 Å². The maximum absolute atomic E-state index is 11.4. The molecule has 2 rings (SSSR count). The standard InChI is InChI=1S/C13H12ClN3O/c14-9-3-1-8(2-4-9)11-5-10(6-15)17-7-12(11)13(16)18/h1-5,7H,6,15H2,(H2,16,18). The van der Waals surface area contributed by atoms with Crippen molar-refractivity contribution >= 4 is 17.5 Å². The Morgan fingerprint density at radius 3 is 2.50 bits per heavy atom. The Bertz CT molecular complexity index is 581. The van der Waals surface area contributed by atoms with E-state index in [4.69, 9.17) is 23.1 Å². The quantitative estimate of drug-likeness (QED) is 0.886. The van der Waals surface area contributed by atoms with Crippen LogP contribution in [-0.4, -0.2) is 10.9 Å². The van der Waals surface area contributed by atoms with Gasteiger partial charge in [-0.25, -0.2) is 0 Å². The molecule has 1 amide bonds. The molecule has 5 heteroatoms. The first-order valence-electron chi connectivity index (χ1n) is 5.36. The molecule has 0 unspecified atom stereocenters. The van der Waals surface area contributed by atoms with Gasteiger partial charge in [-0.15, -0.1) is 0 Å². The molecule has 0 aliphatic heterocycles. The summed E-state index contributed by atoms with van der Waals surface area (Å²) in [6.07, 6.45) is 1.45. The second kappa shape index (κ2) is 5.16. The maximum Gasteiger partial charge on any atom is 0.250 e.